The van der Waals surface area contributed by atoms with Crippen molar-refractivity contribution in [3.8, 4) is 0 Å². The first-order chi connectivity index (χ1) is 8.52. The summed E-state index contributed by atoms with van der Waals surface area (Å²) in [6, 6.07) is -0.257. The highest BCUT2D eigenvalue weighted by Crippen LogP contribution is 2.24. The van der Waals surface area contributed by atoms with E-state index in [0.29, 0.717) is 0 Å². The SMILES string of the molecule is COC(=O)C(C)C(C)N1CCCC[C@@H]1C(=O)OC. The number of esters is 2. The molecule has 1 aliphatic heterocycles. The number of hydrogen-bond acceptors (Lipinski definition) is 5. The van der Waals surface area contributed by atoms with Crippen molar-refractivity contribution in [2.45, 2.75) is 45.2 Å². The van der Waals surface area contributed by atoms with Gasteiger partial charge in [-0.3, -0.25) is 14.5 Å². The zero-order valence-corrected chi connectivity index (χ0v) is 11.6. The molecule has 0 saturated carbocycles. The van der Waals surface area contributed by atoms with Gasteiger partial charge in [-0.1, -0.05) is 13.3 Å². The van der Waals surface area contributed by atoms with Crippen LogP contribution in [0.5, 0.6) is 0 Å². The molecular formula is C13H23NO4. The van der Waals surface area contributed by atoms with Crippen LogP contribution in [-0.4, -0.2) is 49.7 Å². The average Bonchev–Trinajstić information content (AvgIpc) is 2.43. The summed E-state index contributed by atoms with van der Waals surface area (Å²) < 4.78 is 9.60. The van der Waals surface area contributed by atoms with Crippen LogP contribution < -0.4 is 0 Å². The number of piperidine rings is 1. The molecule has 5 heteroatoms. The van der Waals surface area contributed by atoms with E-state index in [1.165, 1.54) is 14.2 Å². The topological polar surface area (TPSA) is 55.8 Å². The Hall–Kier alpha value is -1.10. The normalized spacial score (nSPS) is 24.1. The van der Waals surface area contributed by atoms with E-state index < -0.39 is 0 Å². The van der Waals surface area contributed by atoms with Crippen molar-refractivity contribution in [3.63, 3.8) is 0 Å². The maximum Gasteiger partial charge on any atom is 0.323 e. The second-order valence-corrected chi connectivity index (χ2v) is 4.83. The van der Waals surface area contributed by atoms with Gasteiger partial charge in [0, 0.05) is 6.04 Å². The fourth-order valence-corrected chi connectivity index (χ4v) is 2.50. The Balaban J connectivity index is 2.76. The van der Waals surface area contributed by atoms with E-state index in [-0.39, 0.29) is 29.9 Å². The van der Waals surface area contributed by atoms with Crippen molar-refractivity contribution in [2.24, 2.45) is 5.92 Å². The van der Waals surface area contributed by atoms with Crippen LogP contribution in [0.1, 0.15) is 33.1 Å². The number of carbonyl (C=O) groups excluding carboxylic acids is 2. The van der Waals surface area contributed by atoms with E-state index in [1.807, 2.05) is 13.8 Å². The highest BCUT2D eigenvalue weighted by atomic mass is 16.5. The van der Waals surface area contributed by atoms with Gasteiger partial charge in [0.15, 0.2) is 0 Å². The fourth-order valence-electron chi connectivity index (χ4n) is 2.50. The maximum absolute atomic E-state index is 11.8. The number of ether oxygens (including phenoxy) is 2. The molecule has 1 rings (SSSR count). The molecule has 2 unspecified atom stereocenters. The Morgan fingerprint density at radius 3 is 2.39 bits per heavy atom. The van der Waals surface area contributed by atoms with Gasteiger partial charge in [-0.05, 0) is 26.3 Å². The molecule has 3 atom stereocenters. The van der Waals surface area contributed by atoms with Crippen molar-refractivity contribution < 1.29 is 19.1 Å². The maximum atomic E-state index is 11.8. The summed E-state index contributed by atoms with van der Waals surface area (Å²) in [6.07, 6.45) is 2.87. The Morgan fingerprint density at radius 2 is 1.83 bits per heavy atom. The van der Waals surface area contributed by atoms with Gasteiger partial charge >= 0.3 is 11.9 Å². The average molecular weight is 257 g/mol. The van der Waals surface area contributed by atoms with Crippen LogP contribution in [0.25, 0.3) is 0 Å². The molecule has 104 valence electrons. The minimum absolute atomic E-state index is 0.0261. The molecule has 1 aliphatic rings. The molecule has 0 spiro atoms. The molecular weight excluding hydrogens is 234 g/mol. The van der Waals surface area contributed by atoms with Crippen molar-refractivity contribution in [1.82, 2.24) is 4.90 Å². The van der Waals surface area contributed by atoms with E-state index in [0.717, 1.165) is 25.8 Å². The third kappa shape index (κ3) is 3.22. The van der Waals surface area contributed by atoms with Gasteiger partial charge in [0.25, 0.3) is 0 Å². The standard InChI is InChI=1S/C13H23NO4/c1-9(12(15)17-3)10(2)14-8-6-5-7-11(14)13(16)18-4/h9-11H,5-8H2,1-4H3/t9?,10?,11-/m1/s1. The van der Waals surface area contributed by atoms with Gasteiger partial charge in [-0.15, -0.1) is 0 Å². The van der Waals surface area contributed by atoms with E-state index in [2.05, 4.69) is 4.90 Å². The van der Waals surface area contributed by atoms with Gasteiger partial charge in [0.05, 0.1) is 20.1 Å². The van der Waals surface area contributed by atoms with Crippen molar-refractivity contribution in [1.29, 1.82) is 0 Å². The summed E-state index contributed by atoms with van der Waals surface area (Å²) in [7, 11) is 2.79. The molecule has 0 aromatic heterocycles. The van der Waals surface area contributed by atoms with Gasteiger partial charge in [0.2, 0.25) is 0 Å². The first-order valence-corrected chi connectivity index (χ1v) is 6.44. The Kier molecular flexibility index (Phi) is 5.59. The van der Waals surface area contributed by atoms with Crippen LogP contribution >= 0.6 is 0 Å². The molecule has 1 heterocycles. The summed E-state index contributed by atoms with van der Waals surface area (Å²) in [6.45, 7) is 4.62. The molecule has 0 aliphatic carbocycles. The second-order valence-electron chi connectivity index (χ2n) is 4.83. The molecule has 1 fully saturated rings. The monoisotopic (exact) mass is 257 g/mol. The highest BCUT2D eigenvalue weighted by Gasteiger charge is 2.36. The van der Waals surface area contributed by atoms with Gasteiger partial charge < -0.3 is 9.47 Å². The molecule has 0 N–H and O–H groups in total. The third-order valence-corrected chi connectivity index (χ3v) is 3.84. The minimum Gasteiger partial charge on any atom is -0.469 e. The minimum atomic E-state index is -0.250. The Morgan fingerprint density at radius 1 is 1.17 bits per heavy atom. The molecule has 0 bridgehead atoms. The van der Waals surface area contributed by atoms with Crippen molar-refractivity contribution >= 4 is 11.9 Å². The van der Waals surface area contributed by atoms with E-state index >= 15 is 0 Å². The first-order valence-electron chi connectivity index (χ1n) is 6.44. The summed E-state index contributed by atoms with van der Waals surface area (Å²) in [5.74, 6) is -0.699. The quantitative estimate of drug-likeness (QED) is 0.709. The number of hydrogen-bond donors (Lipinski definition) is 0. The van der Waals surface area contributed by atoms with Crippen molar-refractivity contribution in [3.05, 3.63) is 0 Å². The molecule has 0 aromatic rings. The Bertz CT molecular complexity index is 305. The van der Waals surface area contributed by atoms with Crippen LogP contribution in [0, 0.1) is 5.92 Å². The van der Waals surface area contributed by atoms with Gasteiger partial charge in [-0.2, -0.15) is 0 Å². The summed E-state index contributed by atoms with van der Waals surface area (Å²) in [5.41, 5.74) is 0. The van der Waals surface area contributed by atoms with E-state index in [1.54, 1.807) is 0 Å². The summed E-state index contributed by atoms with van der Waals surface area (Å²) in [4.78, 5) is 25.4. The summed E-state index contributed by atoms with van der Waals surface area (Å²) >= 11 is 0. The number of likely N-dealkylation sites (tertiary alicyclic amines) is 1. The lowest BCUT2D eigenvalue weighted by atomic mass is 9.94. The highest BCUT2D eigenvalue weighted by molar-refractivity contribution is 5.76. The zero-order chi connectivity index (χ0) is 13.7. The second kappa shape index (κ2) is 6.73. The molecule has 1 saturated heterocycles. The van der Waals surface area contributed by atoms with E-state index in [4.69, 9.17) is 9.47 Å². The van der Waals surface area contributed by atoms with Gasteiger partial charge in [-0.25, -0.2) is 0 Å². The fraction of sp³-hybridized carbons (Fsp3) is 0.846. The van der Waals surface area contributed by atoms with Gasteiger partial charge in [0.1, 0.15) is 6.04 Å². The van der Waals surface area contributed by atoms with Crippen LogP contribution in [0.3, 0.4) is 0 Å². The predicted octanol–water partition coefficient (Wildman–Crippen LogP) is 1.21. The number of carbonyl (C=O) groups is 2. The molecule has 0 radical (unpaired) electrons. The number of nitrogens with zero attached hydrogens (tertiary/aromatic N) is 1. The lowest BCUT2D eigenvalue weighted by Crippen LogP contribution is -2.52. The molecule has 18 heavy (non-hydrogen) atoms. The molecule has 5 nitrogen and oxygen atoms in total. The zero-order valence-electron chi connectivity index (χ0n) is 11.6. The number of methoxy groups -OCH3 is 2. The molecule has 0 aromatic carbocycles. The number of rotatable bonds is 4. The first kappa shape index (κ1) is 15.0. The van der Waals surface area contributed by atoms with Crippen LogP contribution in [0.4, 0.5) is 0 Å². The van der Waals surface area contributed by atoms with Crippen LogP contribution in [-0.2, 0) is 19.1 Å². The largest absolute Gasteiger partial charge is 0.469 e. The molecule has 0 amide bonds. The van der Waals surface area contributed by atoms with Crippen LogP contribution in [0.15, 0.2) is 0 Å². The van der Waals surface area contributed by atoms with Crippen molar-refractivity contribution in [2.75, 3.05) is 20.8 Å². The van der Waals surface area contributed by atoms with Crippen LogP contribution in [0.2, 0.25) is 0 Å². The smallest absolute Gasteiger partial charge is 0.323 e. The Labute approximate surface area is 108 Å². The third-order valence-electron chi connectivity index (χ3n) is 3.84. The lowest BCUT2D eigenvalue weighted by Gasteiger charge is -2.39. The van der Waals surface area contributed by atoms with E-state index in [9.17, 15) is 9.59 Å². The predicted molar refractivity (Wildman–Crippen MR) is 67.0 cm³/mol. The summed E-state index contributed by atoms with van der Waals surface area (Å²) in [5, 5.41) is 0. The lowest BCUT2D eigenvalue weighted by molar-refractivity contribution is -0.154.